The van der Waals surface area contributed by atoms with Crippen LogP contribution < -0.4 is 4.90 Å². The number of para-hydroxylation sites is 5. The van der Waals surface area contributed by atoms with Gasteiger partial charge in [0.2, 0.25) is 0 Å². The van der Waals surface area contributed by atoms with Gasteiger partial charge in [0.1, 0.15) is 5.58 Å². The van der Waals surface area contributed by atoms with Gasteiger partial charge < -0.3 is 18.1 Å². The number of aromatic nitrogens is 2. The average Bonchev–Trinajstić information content (AvgIpc) is 4.00. The summed E-state index contributed by atoms with van der Waals surface area (Å²) in [4.78, 5) is 2.41. The molecule has 0 N–H and O–H groups in total. The third-order valence-corrected chi connectivity index (χ3v) is 11.5. The van der Waals surface area contributed by atoms with E-state index in [2.05, 4.69) is 177 Å². The van der Waals surface area contributed by atoms with Gasteiger partial charge in [-0.3, -0.25) is 0 Å². The van der Waals surface area contributed by atoms with E-state index in [1.807, 2.05) is 0 Å². The second-order valence-electron chi connectivity index (χ2n) is 14.0. The topological polar surface area (TPSA) is 25.2 Å². The highest BCUT2D eigenvalue weighted by Crippen LogP contribution is 2.52. The highest BCUT2D eigenvalue weighted by Gasteiger charge is 2.29. The Morgan fingerprint density at radius 3 is 1.69 bits per heavy atom. The predicted octanol–water partition coefficient (Wildman–Crippen LogP) is 13.4. The molecule has 52 heavy (non-hydrogen) atoms. The monoisotopic (exact) mass is 661 g/mol. The Balaban J connectivity index is 1.25. The second-order valence-corrected chi connectivity index (χ2v) is 14.0. The number of fused-ring (bicyclic) bond motifs is 17. The van der Waals surface area contributed by atoms with Crippen LogP contribution in [0.1, 0.15) is 0 Å². The maximum atomic E-state index is 6.70. The number of furan rings is 1. The summed E-state index contributed by atoms with van der Waals surface area (Å²) in [5.74, 6) is 0. The van der Waals surface area contributed by atoms with E-state index in [1.165, 1.54) is 76.4 Å². The fourth-order valence-electron chi connectivity index (χ4n) is 9.55. The van der Waals surface area contributed by atoms with E-state index < -0.39 is 0 Å². The zero-order valence-electron chi connectivity index (χ0n) is 27.8. The fraction of sp³-hybridized carbons (Fsp3) is 0. The van der Waals surface area contributed by atoms with Crippen LogP contribution in [0.4, 0.5) is 17.1 Å². The van der Waals surface area contributed by atoms with E-state index in [4.69, 9.17) is 4.42 Å². The van der Waals surface area contributed by atoms with Gasteiger partial charge in [0, 0.05) is 65.2 Å². The Hall–Kier alpha value is -7.04. The van der Waals surface area contributed by atoms with Crippen molar-refractivity contribution in [1.29, 1.82) is 0 Å². The zero-order chi connectivity index (χ0) is 33.7. The molecule has 5 aromatic heterocycles. The number of hydrogen-bond acceptors (Lipinski definition) is 2. The van der Waals surface area contributed by atoms with Crippen molar-refractivity contribution in [1.82, 2.24) is 8.80 Å². The molecule has 0 bridgehead atoms. The summed E-state index contributed by atoms with van der Waals surface area (Å²) in [6.07, 6.45) is 0. The van der Waals surface area contributed by atoms with E-state index in [0.29, 0.717) is 0 Å². The molecule has 13 aromatic rings. The predicted molar refractivity (Wildman–Crippen MR) is 218 cm³/mol. The quantitative estimate of drug-likeness (QED) is 0.188. The van der Waals surface area contributed by atoms with Gasteiger partial charge in [-0.25, -0.2) is 0 Å². The Morgan fingerprint density at radius 2 is 0.942 bits per heavy atom. The standard InChI is InChI=1S/C48H27N3O/c1-3-13-28(14-4-1)49(29-15-5-2-6-16-29)39-26-25-35-42-40(50-37-20-10-7-18-33(37)43(39)45(35)50)27-36-31-23-24-32-30-17-9-12-22-41(30)52-48(32)47(31)51-38-21-11-8-19-34(38)44(42)46(36)51/h1-27H. The summed E-state index contributed by atoms with van der Waals surface area (Å²) in [6, 6.07) is 59.4. The Labute approximate surface area is 296 Å². The molecule has 0 atom stereocenters. The van der Waals surface area contributed by atoms with Gasteiger partial charge in [0.15, 0.2) is 5.58 Å². The van der Waals surface area contributed by atoms with Gasteiger partial charge in [-0.15, -0.1) is 0 Å². The molecule has 0 saturated carbocycles. The Kier molecular flexibility index (Phi) is 4.83. The van der Waals surface area contributed by atoms with Crippen LogP contribution >= 0.6 is 0 Å². The number of rotatable bonds is 3. The third kappa shape index (κ3) is 3.11. The summed E-state index contributed by atoms with van der Waals surface area (Å²) in [7, 11) is 0. The highest BCUT2D eigenvalue weighted by molar-refractivity contribution is 6.39. The zero-order valence-corrected chi connectivity index (χ0v) is 27.8. The minimum atomic E-state index is 0.919. The van der Waals surface area contributed by atoms with Crippen molar-refractivity contribution in [2.24, 2.45) is 0 Å². The lowest BCUT2D eigenvalue weighted by molar-refractivity contribution is 0.671. The summed E-state index contributed by atoms with van der Waals surface area (Å²) in [5, 5.41) is 12.4. The highest BCUT2D eigenvalue weighted by atomic mass is 16.3. The molecule has 13 rings (SSSR count). The van der Waals surface area contributed by atoms with Crippen LogP contribution in [0, 0.1) is 0 Å². The van der Waals surface area contributed by atoms with Crippen molar-refractivity contribution in [3.63, 3.8) is 0 Å². The van der Waals surface area contributed by atoms with E-state index in [0.717, 1.165) is 38.8 Å². The minimum absolute atomic E-state index is 0.919. The maximum Gasteiger partial charge on any atom is 0.160 e. The first-order valence-electron chi connectivity index (χ1n) is 17.9. The molecule has 5 heterocycles. The first-order valence-corrected chi connectivity index (χ1v) is 17.9. The second kappa shape index (κ2) is 9.39. The molecule has 0 aliphatic carbocycles. The molecule has 0 fully saturated rings. The van der Waals surface area contributed by atoms with Crippen molar-refractivity contribution < 1.29 is 4.42 Å². The van der Waals surface area contributed by atoms with Crippen LogP contribution in [0.15, 0.2) is 168 Å². The molecular weight excluding hydrogens is 635 g/mol. The first-order chi connectivity index (χ1) is 25.8. The minimum Gasteiger partial charge on any atom is -0.454 e. The van der Waals surface area contributed by atoms with E-state index in [-0.39, 0.29) is 0 Å². The van der Waals surface area contributed by atoms with Crippen LogP contribution in [-0.2, 0) is 0 Å². The first kappa shape index (κ1) is 26.8. The summed E-state index contributed by atoms with van der Waals surface area (Å²) in [5.41, 5.74) is 12.6. The molecule has 4 nitrogen and oxygen atoms in total. The lowest BCUT2D eigenvalue weighted by atomic mass is 9.99. The van der Waals surface area contributed by atoms with E-state index in [1.54, 1.807) is 0 Å². The Morgan fingerprint density at radius 1 is 0.365 bits per heavy atom. The molecule has 4 heteroatoms. The van der Waals surface area contributed by atoms with Crippen molar-refractivity contribution in [2.45, 2.75) is 0 Å². The van der Waals surface area contributed by atoms with Crippen LogP contribution in [0.3, 0.4) is 0 Å². The van der Waals surface area contributed by atoms with Crippen LogP contribution in [0.5, 0.6) is 0 Å². The lowest BCUT2D eigenvalue weighted by Gasteiger charge is -2.26. The van der Waals surface area contributed by atoms with Crippen molar-refractivity contribution in [3.8, 4) is 0 Å². The molecule has 240 valence electrons. The molecule has 0 saturated heterocycles. The van der Waals surface area contributed by atoms with Gasteiger partial charge in [0.05, 0.1) is 38.8 Å². The SMILES string of the molecule is c1ccc(N(c2ccccc2)c2ccc3c4c5c6ccccc6n6c7c(ccc8c9ccccc9oc87)c(cc4n4c7ccccc7c2c34)c56)cc1. The summed E-state index contributed by atoms with van der Waals surface area (Å²) < 4.78 is 11.7. The lowest BCUT2D eigenvalue weighted by Crippen LogP contribution is -2.10. The smallest absolute Gasteiger partial charge is 0.160 e. The van der Waals surface area contributed by atoms with Crippen molar-refractivity contribution in [2.75, 3.05) is 4.90 Å². The van der Waals surface area contributed by atoms with Gasteiger partial charge in [-0.2, -0.15) is 0 Å². The molecular formula is C48H27N3O. The molecule has 0 amide bonds. The maximum absolute atomic E-state index is 6.70. The van der Waals surface area contributed by atoms with Gasteiger partial charge >= 0.3 is 0 Å². The largest absolute Gasteiger partial charge is 0.454 e. The van der Waals surface area contributed by atoms with Crippen LogP contribution in [-0.4, -0.2) is 8.80 Å². The number of hydrogen-bond donors (Lipinski definition) is 0. The number of benzene rings is 8. The normalized spacial score (nSPS) is 12.6. The van der Waals surface area contributed by atoms with E-state index >= 15 is 0 Å². The molecule has 0 radical (unpaired) electrons. The van der Waals surface area contributed by atoms with E-state index in [9.17, 15) is 0 Å². The van der Waals surface area contributed by atoms with Crippen LogP contribution in [0.25, 0.3) is 98.1 Å². The van der Waals surface area contributed by atoms with Gasteiger partial charge in [-0.05, 0) is 60.7 Å². The van der Waals surface area contributed by atoms with Crippen molar-refractivity contribution >= 4 is 115 Å². The molecule has 0 spiro atoms. The van der Waals surface area contributed by atoms with Crippen molar-refractivity contribution in [3.05, 3.63) is 164 Å². The number of anilines is 3. The Bertz CT molecular complexity index is 3530. The van der Waals surface area contributed by atoms with Gasteiger partial charge in [0.25, 0.3) is 0 Å². The summed E-state index contributed by atoms with van der Waals surface area (Å²) in [6.45, 7) is 0. The molecule has 0 aliphatic rings. The molecule has 0 unspecified atom stereocenters. The molecule has 0 aliphatic heterocycles. The van der Waals surface area contributed by atoms with Gasteiger partial charge in [-0.1, -0.05) is 103 Å². The van der Waals surface area contributed by atoms with Crippen LogP contribution in [0.2, 0.25) is 0 Å². The third-order valence-electron chi connectivity index (χ3n) is 11.5. The fourth-order valence-corrected chi connectivity index (χ4v) is 9.55. The average molecular weight is 662 g/mol. The number of nitrogens with zero attached hydrogens (tertiary/aromatic N) is 3. The summed E-state index contributed by atoms with van der Waals surface area (Å²) >= 11 is 0. The molecule has 8 aromatic carbocycles.